The van der Waals surface area contributed by atoms with E-state index in [2.05, 4.69) is 33.0 Å². The Bertz CT molecular complexity index is 3600. The van der Waals surface area contributed by atoms with Crippen molar-refractivity contribution in [3.05, 3.63) is 221 Å². The van der Waals surface area contributed by atoms with Gasteiger partial charge in [-0.3, -0.25) is 9.59 Å². The molecule has 4 atom stereocenters. The third-order valence-corrected chi connectivity index (χ3v) is 16.2. The summed E-state index contributed by atoms with van der Waals surface area (Å²) in [5.74, 6) is -2.86. The van der Waals surface area contributed by atoms with Gasteiger partial charge in [0.25, 0.3) is 0 Å². The number of benzene rings is 6. The number of carbonyl (C=O) groups excluding carboxylic acids is 2. The highest BCUT2D eigenvalue weighted by Crippen LogP contribution is 2.60. The van der Waals surface area contributed by atoms with Gasteiger partial charge in [0.05, 0.1) is 29.0 Å². The minimum absolute atomic E-state index is 0.0435. The number of nitrogens with zero attached hydrogens (tertiary/aromatic N) is 4. The molecular formula is C61H58N6O12S. The van der Waals surface area contributed by atoms with Crippen LogP contribution in [0.5, 0.6) is 17.5 Å². The topological polar surface area (TPSA) is 239 Å². The number of anilines is 1. The van der Waals surface area contributed by atoms with Crippen LogP contribution in [0.25, 0.3) is 0 Å². The summed E-state index contributed by atoms with van der Waals surface area (Å²) in [6.45, 7) is 0.0355. The Hall–Kier alpha value is -9.07. The van der Waals surface area contributed by atoms with E-state index in [0.29, 0.717) is 42.0 Å². The fourth-order valence-corrected chi connectivity index (χ4v) is 11.7. The molecule has 19 heteroatoms. The SMILES string of the molecule is O=C(Cn1nc(C(=O)O)cc1OCc1ccccc1)Nc1ccccc1OCc1ccc(C2CCC3(C[C@H]3NC(=O)Cn3nc(C(=O)O)cc3OCc3ccccc3CS(=O)(=O)c3ccccc3)[C@@H](OCc3ccccc3)C2)cc1. The molecule has 0 radical (unpaired) electrons. The summed E-state index contributed by atoms with van der Waals surface area (Å²) < 4.78 is 53.9. The summed E-state index contributed by atoms with van der Waals surface area (Å²) in [5, 5.41) is 33.8. The monoisotopic (exact) mass is 1100 g/mol. The van der Waals surface area contributed by atoms with E-state index < -0.39 is 27.7 Å². The van der Waals surface area contributed by atoms with Gasteiger partial charge in [-0.15, -0.1) is 0 Å². The molecule has 0 saturated heterocycles. The maximum Gasteiger partial charge on any atom is 0.356 e. The van der Waals surface area contributed by atoms with E-state index >= 15 is 0 Å². The van der Waals surface area contributed by atoms with Gasteiger partial charge in [-0.2, -0.15) is 10.2 Å². The number of amides is 2. The van der Waals surface area contributed by atoms with Crippen molar-refractivity contribution in [3.63, 3.8) is 0 Å². The van der Waals surface area contributed by atoms with Gasteiger partial charge < -0.3 is 39.8 Å². The Balaban J connectivity index is 0.758. The largest absolute Gasteiger partial charge is 0.487 e. The zero-order valence-electron chi connectivity index (χ0n) is 43.4. The summed E-state index contributed by atoms with van der Waals surface area (Å²) in [6, 6.07) is 52.0. The number of hydrogen-bond acceptors (Lipinski definition) is 12. The van der Waals surface area contributed by atoms with E-state index in [9.17, 15) is 37.8 Å². The van der Waals surface area contributed by atoms with E-state index in [-0.39, 0.29) is 96.1 Å². The number of rotatable bonds is 24. The fraction of sp³-hybridized carbons (Fsp3) is 0.246. The van der Waals surface area contributed by atoms with Gasteiger partial charge in [0.15, 0.2) is 21.2 Å². The van der Waals surface area contributed by atoms with Gasteiger partial charge in [0.1, 0.15) is 38.7 Å². The summed E-state index contributed by atoms with van der Waals surface area (Å²) in [6.07, 6.45) is 2.86. The molecule has 2 aromatic heterocycles. The molecule has 2 saturated carbocycles. The zero-order chi connectivity index (χ0) is 55.6. The quantitative estimate of drug-likeness (QED) is 0.0441. The molecule has 6 aromatic carbocycles. The lowest BCUT2D eigenvalue weighted by molar-refractivity contribution is -0.122. The molecule has 0 aliphatic heterocycles. The third-order valence-electron chi connectivity index (χ3n) is 14.5. The number of sulfone groups is 1. The normalized spacial score (nSPS) is 17.5. The lowest BCUT2D eigenvalue weighted by Crippen LogP contribution is -2.40. The van der Waals surface area contributed by atoms with Crippen molar-refractivity contribution in [2.24, 2.45) is 5.41 Å². The zero-order valence-corrected chi connectivity index (χ0v) is 44.2. The molecule has 2 amide bonds. The highest BCUT2D eigenvalue weighted by Gasteiger charge is 2.62. The maximum absolute atomic E-state index is 13.9. The molecule has 4 N–H and O–H groups in total. The smallest absolute Gasteiger partial charge is 0.356 e. The van der Waals surface area contributed by atoms with E-state index in [0.717, 1.165) is 35.1 Å². The minimum Gasteiger partial charge on any atom is -0.487 e. The molecule has 2 heterocycles. The van der Waals surface area contributed by atoms with Crippen LogP contribution in [-0.2, 0) is 69.4 Å². The Morgan fingerprint density at radius 2 is 1.14 bits per heavy atom. The molecule has 2 unspecified atom stereocenters. The first-order valence-corrected chi connectivity index (χ1v) is 27.8. The number of para-hydroxylation sites is 2. The van der Waals surface area contributed by atoms with Crippen LogP contribution < -0.4 is 24.8 Å². The molecule has 2 aliphatic carbocycles. The second kappa shape index (κ2) is 24.3. The minimum atomic E-state index is -3.68. The number of aromatic nitrogens is 4. The summed E-state index contributed by atoms with van der Waals surface area (Å²) in [7, 11) is -3.68. The molecular weight excluding hydrogens is 1040 g/mol. The Kier molecular flexibility index (Phi) is 16.5. The van der Waals surface area contributed by atoms with E-state index in [1.807, 2.05) is 72.8 Å². The Labute approximate surface area is 461 Å². The number of carboxylic acid groups (broad SMARTS) is 2. The third kappa shape index (κ3) is 13.3. The van der Waals surface area contributed by atoms with Crippen LogP contribution in [0.1, 0.15) is 86.0 Å². The average molecular weight is 1100 g/mol. The van der Waals surface area contributed by atoms with Crippen LogP contribution in [0.4, 0.5) is 5.69 Å². The number of nitrogens with one attached hydrogen (secondary N) is 2. The fourth-order valence-electron chi connectivity index (χ4n) is 10.2. The van der Waals surface area contributed by atoms with Crippen molar-refractivity contribution >= 4 is 39.3 Å². The first-order valence-electron chi connectivity index (χ1n) is 26.1. The number of carbonyl (C=O) groups is 4. The molecule has 8 aromatic rings. The summed E-state index contributed by atoms with van der Waals surface area (Å²) in [4.78, 5) is 51.3. The molecule has 1 spiro atoms. The second-order valence-electron chi connectivity index (χ2n) is 20.0. The van der Waals surface area contributed by atoms with Crippen LogP contribution in [-0.4, -0.2) is 74.1 Å². The van der Waals surface area contributed by atoms with Crippen molar-refractivity contribution in [3.8, 4) is 17.5 Å². The highest BCUT2D eigenvalue weighted by atomic mass is 32.2. The lowest BCUT2D eigenvalue weighted by atomic mass is 9.74. The molecule has 80 heavy (non-hydrogen) atoms. The van der Waals surface area contributed by atoms with Crippen LogP contribution in [0.15, 0.2) is 181 Å². The molecule has 2 fully saturated rings. The lowest BCUT2D eigenvalue weighted by Gasteiger charge is -2.38. The Morgan fingerprint density at radius 3 is 1.79 bits per heavy atom. The van der Waals surface area contributed by atoms with Crippen molar-refractivity contribution in [1.29, 1.82) is 0 Å². The number of hydrogen-bond donors (Lipinski definition) is 4. The van der Waals surface area contributed by atoms with Gasteiger partial charge in [-0.05, 0) is 89.2 Å². The van der Waals surface area contributed by atoms with Crippen LogP contribution in [0.2, 0.25) is 0 Å². The van der Waals surface area contributed by atoms with E-state index in [4.69, 9.17) is 18.9 Å². The average Bonchev–Trinajstić information content (AvgIpc) is 3.97. The predicted octanol–water partition coefficient (Wildman–Crippen LogP) is 9.25. The van der Waals surface area contributed by atoms with Crippen LogP contribution in [0, 0.1) is 5.41 Å². The molecule has 410 valence electrons. The Morgan fingerprint density at radius 1 is 0.600 bits per heavy atom. The van der Waals surface area contributed by atoms with Gasteiger partial charge >= 0.3 is 11.9 Å². The second-order valence-corrected chi connectivity index (χ2v) is 21.9. The summed E-state index contributed by atoms with van der Waals surface area (Å²) in [5.41, 5.74) is 4.59. The molecule has 0 bridgehead atoms. The van der Waals surface area contributed by atoms with E-state index in [1.165, 1.54) is 21.5 Å². The van der Waals surface area contributed by atoms with Gasteiger partial charge in [-0.25, -0.2) is 27.4 Å². The molecule has 18 nitrogen and oxygen atoms in total. The molecule has 10 rings (SSSR count). The number of aromatic carboxylic acids is 2. The predicted molar refractivity (Wildman–Crippen MR) is 294 cm³/mol. The van der Waals surface area contributed by atoms with Gasteiger partial charge in [0, 0.05) is 23.6 Å². The van der Waals surface area contributed by atoms with Crippen LogP contribution >= 0.6 is 0 Å². The van der Waals surface area contributed by atoms with Crippen molar-refractivity contribution < 1.29 is 56.8 Å². The molecule has 2 aliphatic rings. The van der Waals surface area contributed by atoms with Gasteiger partial charge in [0.2, 0.25) is 23.6 Å². The summed E-state index contributed by atoms with van der Waals surface area (Å²) >= 11 is 0. The first-order chi connectivity index (χ1) is 38.8. The van der Waals surface area contributed by atoms with Crippen LogP contribution in [0.3, 0.4) is 0 Å². The standard InChI is InChI=1S/C61H58N6O12S/c68-55(34-66-57(31-50(64-66)59(70)71)78-38-42-16-6-2-7-17-42)62-49-22-12-13-23-52(49)76-36-43-24-26-44(27-25-43)45-28-29-61(54(30-45)77-37-41-14-4-1-5-15-41)33-53(61)63-56(69)35-67-58(32-51(65-67)60(72)73)79-39-46-18-10-11-19-47(46)40-80(74,75)48-20-8-3-9-21-48/h1-27,31-32,45,53-54H,28-30,33-40H2,(H,62,68)(H,63,69)(H,70,71)(H,72,73)/t45?,53-,54+,61?/m1/s1. The number of ether oxygens (including phenoxy) is 4. The van der Waals surface area contributed by atoms with E-state index in [1.54, 1.807) is 78.9 Å². The van der Waals surface area contributed by atoms with Gasteiger partial charge in [-0.1, -0.05) is 140 Å². The maximum atomic E-state index is 13.9. The van der Waals surface area contributed by atoms with Crippen molar-refractivity contribution in [2.75, 3.05) is 5.32 Å². The number of carboxylic acids is 2. The first kappa shape index (κ1) is 54.3. The highest BCUT2D eigenvalue weighted by molar-refractivity contribution is 7.90. The van der Waals surface area contributed by atoms with Crippen molar-refractivity contribution in [2.45, 2.75) is 93.9 Å². The van der Waals surface area contributed by atoms with Crippen molar-refractivity contribution in [1.82, 2.24) is 24.9 Å².